The number of halogens is 3. The zero-order chi connectivity index (χ0) is 27.9. The first-order chi connectivity index (χ1) is 18.6. The summed E-state index contributed by atoms with van der Waals surface area (Å²) in [4.78, 5) is 47.1. The van der Waals surface area contributed by atoms with E-state index in [9.17, 15) is 27.7 Å². The average molecular weight is 540 g/mol. The molecule has 13 heteroatoms. The number of rotatable bonds is 7. The van der Waals surface area contributed by atoms with Gasteiger partial charge in [-0.3, -0.25) is 19.1 Å². The van der Waals surface area contributed by atoms with E-state index in [2.05, 4.69) is 25.8 Å². The largest absolute Gasteiger partial charge is 0.377 e. The lowest BCUT2D eigenvalue weighted by molar-refractivity contribution is -0.000897. The molecule has 0 fully saturated rings. The predicted octanol–water partition coefficient (Wildman–Crippen LogP) is 3.83. The molecule has 1 aliphatic heterocycles. The predicted molar refractivity (Wildman–Crippen MR) is 138 cm³/mol. The molecule has 0 atom stereocenters. The van der Waals surface area contributed by atoms with Crippen LogP contribution in [0.15, 0.2) is 46.8 Å². The fourth-order valence-electron chi connectivity index (χ4n) is 4.68. The number of hydrogen-bond donors (Lipinski definition) is 2. The van der Waals surface area contributed by atoms with Gasteiger partial charge in [-0.05, 0) is 36.7 Å². The van der Waals surface area contributed by atoms with Gasteiger partial charge in [0.05, 0.1) is 36.3 Å². The van der Waals surface area contributed by atoms with Crippen molar-refractivity contribution in [1.29, 1.82) is 0 Å². The molecule has 2 N–H and O–H groups in total. The van der Waals surface area contributed by atoms with Crippen molar-refractivity contribution < 1.29 is 18.0 Å². The van der Waals surface area contributed by atoms with Crippen LogP contribution >= 0.6 is 0 Å². The maximum Gasteiger partial charge on any atom is 0.282 e. The van der Waals surface area contributed by atoms with Crippen molar-refractivity contribution in [3.63, 3.8) is 0 Å². The van der Waals surface area contributed by atoms with Gasteiger partial charge in [0, 0.05) is 37.0 Å². The summed E-state index contributed by atoms with van der Waals surface area (Å²) in [7, 11) is 0. The Bertz CT molecular complexity index is 1660. The van der Waals surface area contributed by atoms with Crippen LogP contribution in [0, 0.1) is 24.6 Å². The molecule has 0 radical (unpaired) electrons. The molecule has 0 aliphatic carbocycles. The Kier molecular flexibility index (Phi) is 6.66. The quantitative estimate of drug-likeness (QED) is 0.344. The van der Waals surface area contributed by atoms with Gasteiger partial charge in [-0.15, -0.1) is 4.91 Å². The van der Waals surface area contributed by atoms with Crippen LogP contribution in [0.3, 0.4) is 0 Å². The standard InChI is InChI=1S/C26H24F3N7O3/c1-14-15(2)35(13-33-14)8-7-30-24(37)19-21(34-39)22-23-20(32-11-26(28,29)12-36(23)25(19)38)17(10-31-22)9-16-3-5-18(27)6-4-16/h3-6,10,13,32H,7-9,11-12H2,1-2H3,(H,30,37). The number of nitrogens with zero attached hydrogens (tertiary/aromatic N) is 5. The van der Waals surface area contributed by atoms with Gasteiger partial charge < -0.3 is 15.2 Å². The summed E-state index contributed by atoms with van der Waals surface area (Å²) >= 11 is 0. The molecule has 1 amide bonds. The Hall–Kier alpha value is -4.55. The van der Waals surface area contributed by atoms with E-state index in [0.717, 1.165) is 16.0 Å². The molecular formula is C26H24F3N7O3. The Labute approximate surface area is 219 Å². The molecule has 10 nitrogen and oxygen atoms in total. The van der Waals surface area contributed by atoms with Crippen LogP contribution in [0.4, 0.5) is 24.5 Å². The third-order valence-corrected chi connectivity index (χ3v) is 6.84. The zero-order valence-corrected chi connectivity index (χ0v) is 21.1. The fraction of sp³-hybridized carbons (Fsp3) is 0.308. The molecule has 1 aromatic carbocycles. The van der Waals surface area contributed by atoms with Crippen LogP contribution < -0.4 is 16.2 Å². The van der Waals surface area contributed by atoms with E-state index in [0.29, 0.717) is 17.7 Å². The highest BCUT2D eigenvalue weighted by molar-refractivity contribution is 6.07. The molecule has 4 heterocycles. The monoisotopic (exact) mass is 539 g/mol. The summed E-state index contributed by atoms with van der Waals surface area (Å²) in [6, 6.07) is 5.63. The molecule has 0 spiro atoms. The number of hydrogen-bond acceptors (Lipinski definition) is 7. The van der Waals surface area contributed by atoms with Crippen LogP contribution in [-0.2, 0) is 19.5 Å². The minimum Gasteiger partial charge on any atom is -0.377 e. The van der Waals surface area contributed by atoms with Crippen molar-refractivity contribution in [2.24, 2.45) is 5.18 Å². The Morgan fingerprint density at radius 2 is 1.95 bits per heavy atom. The number of nitroso groups, excluding NO2 is 1. The number of alkyl halides is 2. The number of carbonyl (C=O) groups excluding carboxylic acids is 1. The second-order valence-electron chi connectivity index (χ2n) is 9.44. The summed E-state index contributed by atoms with van der Waals surface area (Å²) in [5.41, 5.74) is 0.551. The SMILES string of the molecule is Cc1ncn(CCNC(=O)c2c(N=O)c3ncc(Cc4ccc(F)cc4)c4c3n(c2=O)CC(F)(F)CN4)c1C. The van der Waals surface area contributed by atoms with E-state index in [1.165, 1.54) is 18.3 Å². The minimum absolute atomic E-state index is 0.0487. The molecule has 202 valence electrons. The second kappa shape index (κ2) is 9.97. The molecule has 0 saturated carbocycles. The molecule has 0 bridgehead atoms. The van der Waals surface area contributed by atoms with E-state index in [1.807, 2.05) is 13.8 Å². The van der Waals surface area contributed by atoms with Gasteiger partial charge in [0.2, 0.25) is 0 Å². The fourth-order valence-corrected chi connectivity index (χ4v) is 4.68. The number of benzene rings is 1. The summed E-state index contributed by atoms with van der Waals surface area (Å²) in [5, 5.41) is 8.20. The Morgan fingerprint density at radius 3 is 2.62 bits per heavy atom. The van der Waals surface area contributed by atoms with Crippen molar-refractivity contribution in [2.45, 2.75) is 39.3 Å². The van der Waals surface area contributed by atoms with E-state index in [4.69, 9.17) is 0 Å². The topological polar surface area (TPSA) is 123 Å². The molecule has 0 unspecified atom stereocenters. The van der Waals surface area contributed by atoms with Gasteiger partial charge in [-0.2, -0.15) is 0 Å². The Balaban J connectivity index is 1.59. The van der Waals surface area contributed by atoms with Crippen LogP contribution in [0.5, 0.6) is 0 Å². The summed E-state index contributed by atoms with van der Waals surface area (Å²) in [6.07, 6.45) is 3.16. The number of aryl methyl sites for hydroxylation is 1. The average Bonchev–Trinajstić information content (AvgIpc) is 3.13. The molecule has 3 aromatic heterocycles. The highest BCUT2D eigenvalue weighted by Crippen LogP contribution is 2.37. The van der Waals surface area contributed by atoms with Crippen molar-refractivity contribution >= 4 is 28.3 Å². The van der Waals surface area contributed by atoms with Crippen LogP contribution in [0.25, 0.3) is 11.0 Å². The van der Waals surface area contributed by atoms with Gasteiger partial charge in [0.1, 0.15) is 16.9 Å². The van der Waals surface area contributed by atoms with Gasteiger partial charge in [0.15, 0.2) is 5.69 Å². The maximum absolute atomic E-state index is 14.8. The van der Waals surface area contributed by atoms with Crippen molar-refractivity contribution in [2.75, 3.05) is 18.4 Å². The maximum atomic E-state index is 14.8. The minimum atomic E-state index is -3.36. The summed E-state index contributed by atoms with van der Waals surface area (Å²) in [6.45, 7) is 2.30. The van der Waals surface area contributed by atoms with E-state index < -0.39 is 47.5 Å². The number of aromatic nitrogens is 4. The number of amides is 1. The van der Waals surface area contributed by atoms with Crippen molar-refractivity contribution in [1.82, 2.24) is 24.4 Å². The van der Waals surface area contributed by atoms with Crippen molar-refractivity contribution in [3.8, 4) is 0 Å². The van der Waals surface area contributed by atoms with Crippen molar-refractivity contribution in [3.05, 3.63) is 85.9 Å². The van der Waals surface area contributed by atoms with Gasteiger partial charge in [0.25, 0.3) is 17.4 Å². The highest BCUT2D eigenvalue weighted by Gasteiger charge is 2.37. The van der Waals surface area contributed by atoms with E-state index in [1.54, 1.807) is 23.0 Å². The number of pyridine rings is 2. The van der Waals surface area contributed by atoms with Crippen LogP contribution in [0.2, 0.25) is 0 Å². The van der Waals surface area contributed by atoms with E-state index in [-0.39, 0.29) is 29.7 Å². The number of anilines is 1. The van der Waals surface area contributed by atoms with E-state index >= 15 is 0 Å². The first-order valence-electron chi connectivity index (χ1n) is 12.1. The van der Waals surface area contributed by atoms with Gasteiger partial charge in [-0.25, -0.2) is 18.2 Å². The first kappa shape index (κ1) is 26.1. The highest BCUT2D eigenvalue weighted by atomic mass is 19.3. The molecule has 0 saturated heterocycles. The zero-order valence-electron chi connectivity index (χ0n) is 21.1. The number of carbonyl (C=O) groups is 1. The van der Waals surface area contributed by atoms with Gasteiger partial charge >= 0.3 is 0 Å². The third kappa shape index (κ3) is 4.87. The second-order valence-corrected chi connectivity index (χ2v) is 9.44. The molecular weight excluding hydrogens is 515 g/mol. The normalized spacial score (nSPS) is 14.1. The first-order valence-corrected chi connectivity index (χ1v) is 12.1. The number of nitrogens with one attached hydrogen (secondary N) is 2. The third-order valence-electron chi connectivity index (χ3n) is 6.84. The Morgan fingerprint density at radius 1 is 1.21 bits per heavy atom. The smallest absolute Gasteiger partial charge is 0.282 e. The van der Waals surface area contributed by atoms with Gasteiger partial charge in [-0.1, -0.05) is 12.1 Å². The van der Waals surface area contributed by atoms with Crippen LogP contribution in [0.1, 0.15) is 32.9 Å². The lowest BCUT2D eigenvalue weighted by Crippen LogP contribution is -2.38. The number of imidazole rings is 1. The summed E-state index contributed by atoms with van der Waals surface area (Å²) < 4.78 is 45.6. The molecule has 4 aromatic rings. The molecule has 39 heavy (non-hydrogen) atoms. The lowest BCUT2D eigenvalue weighted by atomic mass is 10.0. The van der Waals surface area contributed by atoms with Crippen LogP contribution in [-0.4, -0.2) is 44.0 Å². The molecule has 1 aliphatic rings. The molecule has 5 rings (SSSR count). The summed E-state index contributed by atoms with van der Waals surface area (Å²) in [5.74, 6) is -4.71. The lowest BCUT2D eigenvalue weighted by Gasteiger charge is -2.17.